The van der Waals surface area contributed by atoms with Crippen LogP contribution in [0.15, 0.2) is 54.6 Å². The number of carbonyl (C=O) groups is 2. The number of hydrogen-bond donors (Lipinski definition) is 0. The zero-order valence-corrected chi connectivity index (χ0v) is 17.3. The van der Waals surface area contributed by atoms with Crippen molar-refractivity contribution in [2.45, 2.75) is 58.3 Å². The van der Waals surface area contributed by atoms with E-state index in [2.05, 4.69) is 66.3 Å². The smallest absolute Gasteiger partial charge is 0.305 e. The van der Waals surface area contributed by atoms with Crippen molar-refractivity contribution in [3.8, 4) is 0 Å². The van der Waals surface area contributed by atoms with Crippen LogP contribution >= 0.6 is 0 Å². The maximum absolute atomic E-state index is 12.4. The molecule has 1 aromatic rings. The lowest BCUT2D eigenvalue weighted by Crippen LogP contribution is -2.14. The normalized spacial score (nSPS) is 22.4. The summed E-state index contributed by atoms with van der Waals surface area (Å²) in [5.74, 6) is 1.12. The third kappa shape index (κ3) is 7.46. The van der Waals surface area contributed by atoms with Crippen LogP contribution in [0.1, 0.15) is 57.4 Å². The summed E-state index contributed by atoms with van der Waals surface area (Å²) in [6.07, 6.45) is 15.7. The van der Waals surface area contributed by atoms with Crippen molar-refractivity contribution in [3.05, 3.63) is 60.2 Å². The Labute approximate surface area is 169 Å². The number of aryl methyl sites for hydroxylation is 1. The zero-order valence-electron chi connectivity index (χ0n) is 17.3. The molecule has 0 heterocycles. The quantitative estimate of drug-likeness (QED) is 0.280. The molecule has 0 N–H and O–H groups in total. The van der Waals surface area contributed by atoms with Crippen molar-refractivity contribution in [1.82, 2.24) is 0 Å². The van der Waals surface area contributed by atoms with Gasteiger partial charge in [-0.05, 0) is 55.9 Å². The second-order valence-corrected chi connectivity index (χ2v) is 7.81. The fraction of sp³-hybridized carbons (Fsp3) is 0.520. The molecule has 0 radical (unpaired) electrons. The predicted molar refractivity (Wildman–Crippen MR) is 114 cm³/mol. The van der Waals surface area contributed by atoms with E-state index in [1.54, 1.807) is 0 Å². The highest BCUT2D eigenvalue weighted by molar-refractivity contribution is 5.84. The number of rotatable bonds is 11. The first kappa shape index (κ1) is 22.1. The molecule has 1 saturated carbocycles. The van der Waals surface area contributed by atoms with E-state index in [0.29, 0.717) is 30.5 Å². The van der Waals surface area contributed by atoms with Gasteiger partial charge in [-0.3, -0.25) is 9.59 Å². The summed E-state index contributed by atoms with van der Waals surface area (Å²) in [5.41, 5.74) is 1.38. The molecule has 0 saturated heterocycles. The van der Waals surface area contributed by atoms with Crippen LogP contribution in [0, 0.1) is 17.8 Å². The molecule has 0 aliphatic heterocycles. The Balaban J connectivity index is 1.74. The van der Waals surface area contributed by atoms with Crippen molar-refractivity contribution < 1.29 is 14.3 Å². The molecule has 1 fully saturated rings. The Morgan fingerprint density at radius 1 is 1.11 bits per heavy atom. The average Bonchev–Trinajstić information content (AvgIpc) is 2.97. The van der Waals surface area contributed by atoms with Gasteiger partial charge in [0.1, 0.15) is 5.78 Å². The largest absolute Gasteiger partial charge is 0.469 e. The van der Waals surface area contributed by atoms with Gasteiger partial charge in [0.2, 0.25) is 0 Å². The Morgan fingerprint density at radius 3 is 2.61 bits per heavy atom. The van der Waals surface area contributed by atoms with E-state index in [1.165, 1.54) is 12.7 Å². The minimum absolute atomic E-state index is 0.109. The molecular weight excluding hydrogens is 348 g/mol. The fourth-order valence-corrected chi connectivity index (χ4v) is 3.98. The van der Waals surface area contributed by atoms with E-state index in [-0.39, 0.29) is 11.9 Å². The summed E-state index contributed by atoms with van der Waals surface area (Å²) in [4.78, 5) is 23.5. The van der Waals surface area contributed by atoms with Crippen LogP contribution in [0.4, 0.5) is 0 Å². The van der Waals surface area contributed by atoms with Crippen LogP contribution in [-0.2, 0) is 20.7 Å². The van der Waals surface area contributed by atoms with Gasteiger partial charge in [0.05, 0.1) is 7.11 Å². The van der Waals surface area contributed by atoms with Gasteiger partial charge in [-0.2, -0.15) is 0 Å². The molecule has 1 aromatic carbocycles. The first-order chi connectivity index (χ1) is 13.6. The third-order valence-electron chi connectivity index (χ3n) is 5.63. The average molecular weight is 383 g/mol. The molecular formula is C25H34O3. The number of methoxy groups -OCH3 is 1. The van der Waals surface area contributed by atoms with Gasteiger partial charge in [-0.1, -0.05) is 61.6 Å². The molecule has 0 aromatic heterocycles. The SMILES string of the molecule is COC(=O)CCCC=CCC1C(=O)CC(C)C1C=CCCCc1ccccc1. The standard InChI is InChI=1S/C25H34O3/c1-20-19-24(26)23(17-10-3-4-12-18-25(27)28-2)22(20)16-11-6-9-15-21-13-7-5-8-14-21/h3,5,7-8,10-11,13-14,16,20,22-23H,4,6,9,12,15,17-19H2,1-2H3. The summed E-state index contributed by atoms with van der Waals surface area (Å²) in [7, 11) is 1.42. The first-order valence-corrected chi connectivity index (χ1v) is 10.6. The maximum Gasteiger partial charge on any atom is 0.305 e. The van der Waals surface area contributed by atoms with Crippen LogP contribution in [0.2, 0.25) is 0 Å². The Kier molecular flexibility index (Phi) is 9.74. The molecule has 1 aliphatic carbocycles. The Morgan fingerprint density at radius 2 is 1.86 bits per heavy atom. The third-order valence-corrected chi connectivity index (χ3v) is 5.63. The van der Waals surface area contributed by atoms with Gasteiger partial charge in [-0.15, -0.1) is 0 Å². The first-order valence-electron chi connectivity index (χ1n) is 10.6. The van der Waals surface area contributed by atoms with Gasteiger partial charge in [0.25, 0.3) is 0 Å². The van der Waals surface area contributed by atoms with Gasteiger partial charge < -0.3 is 4.74 Å². The number of esters is 1. The number of ketones is 1. The van der Waals surface area contributed by atoms with Gasteiger partial charge in [-0.25, -0.2) is 0 Å². The molecule has 152 valence electrons. The molecule has 3 nitrogen and oxygen atoms in total. The van der Waals surface area contributed by atoms with Crippen molar-refractivity contribution >= 4 is 11.8 Å². The molecule has 1 aliphatic rings. The molecule has 28 heavy (non-hydrogen) atoms. The topological polar surface area (TPSA) is 43.4 Å². The van der Waals surface area contributed by atoms with Crippen LogP contribution in [0.25, 0.3) is 0 Å². The van der Waals surface area contributed by atoms with E-state index in [1.807, 2.05) is 0 Å². The highest BCUT2D eigenvalue weighted by Crippen LogP contribution is 2.37. The van der Waals surface area contributed by atoms with Gasteiger partial charge in [0.15, 0.2) is 0 Å². The molecule has 0 spiro atoms. The fourth-order valence-electron chi connectivity index (χ4n) is 3.98. The lowest BCUT2D eigenvalue weighted by molar-refractivity contribution is -0.140. The number of Topliss-reactive ketones (excluding diaryl/α,β-unsaturated/α-hetero) is 1. The minimum Gasteiger partial charge on any atom is -0.469 e. The summed E-state index contributed by atoms with van der Waals surface area (Å²) in [6, 6.07) is 10.6. The van der Waals surface area contributed by atoms with Crippen molar-refractivity contribution in [1.29, 1.82) is 0 Å². The number of carbonyl (C=O) groups excluding carboxylic acids is 2. The maximum atomic E-state index is 12.4. The molecule has 0 bridgehead atoms. The van der Waals surface area contributed by atoms with Crippen LogP contribution in [-0.4, -0.2) is 18.9 Å². The lowest BCUT2D eigenvalue weighted by atomic mass is 9.87. The second kappa shape index (κ2) is 12.3. The van der Waals surface area contributed by atoms with E-state index < -0.39 is 0 Å². The number of unbranched alkanes of at least 4 members (excludes halogenated alkanes) is 2. The van der Waals surface area contributed by atoms with Crippen LogP contribution in [0.5, 0.6) is 0 Å². The number of ether oxygens (including phenoxy) is 1. The van der Waals surface area contributed by atoms with E-state index >= 15 is 0 Å². The molecule has 3 unspecified atom stereocenters. The van der Waals surface area contributed by atoms with E-state index in [9.17, 15) is 9.59 Å². The summed E-state index contributed by atoms with van der Waals surface area (Å²) in [5, 5.41) is 0. The summed E-state index contributed by atoms with van der Waals surface area (Å²) < 4.78 is 4.64. The summed E-state index contributed by atoms with van der Waals surface area (Å²) in [6.45, 7) is 2.19. The molecule has 2 rings (SSSR count). The highest BCUT2D eigenvalue weighted by atomic mass is 16.5. The zero-order chi connectivity index (χ0) is 20.2. The monoisotopic (exact) mass is 382 g/mol. The molecule has 0 amide bonds. The van der Waals surface area contributed by atoms with Gasteiger partial charge >= 0.3 is 5.97 Å². The Hall–Kier alpha value is -2.16. The van der Waals surface area contributed by atoms with Crippen LogP contribution < -0.4 is 0 Å². The highest BCUT2D eigenvalue weighted by Gasteiger charge is 2.37. The Bertz CT molecular complexity index is 660. The van der Waals surface area contributed by atoms with E-state index in [0.717, 1.165) is 38.5 Å². The second-order valence-electron chi connectivity index (χ2n) is 7.81. The molecule has 3 heteroatoms. The number of benzene rings is 1. The van der Waals surface area contributed by atoms with Crippen molar-refractivity contribution in [3.63, 3.8) is 0 Å². The van der Waals surface area contributed by atoms with Crippen molar-refractivity contribution in [2.24, 2.45) is 17.8 Å². The van der Waals surface area contributed by atoms with Gasteiger partial charge in [0, 0.05) is 18.8 Å². The van der Waals surface area contributed by atoms with E-state index in [4.69, 9.17) is 0 Å². The number of allylic oxidation sites excluding steroid dienone is 4. The minimum atomic E-state index is -0.161. The van der Waals surface area contributed by atoms with Crippen molar-refractivity contribution in [2.75, 3.05) is 7.11 Å². The predicted octanol–water partition coefficient (Wildman–Crippen LogP) is 5.70. The number of hydrogen-bond acceptors (Lipinski definition) is 3. The lowest BCUT2D eigenvalue weighted by Gasteiger charge is -2.16. The van der Waals surface area contributed by atoms with Crippen LogP contribution in [0.3, 0.4) is 0 Å². The molecule has 3 atom stereocenters. The summed E-state index contributed by atoms with van der Waals surface area (Å²) >= 11 is 0.